The van der Waals surface area contributed by atoms with Gasteiger partial charge in [0.2, 0.25) is 0 Å². The Morgan fingerprint density at radius 2 is 2.12 bits per heavy atom. The Hall–Kier alpha value is -1.35. The minimum absolute atomic E-state index is 0.172. The van der Waals surface area contributed by atoms with Crippen molar-refractivity contribution in [1.29, 1.82) is 0 Å². The molecule has 92 valence electrons. The highest BCUT2D eigenvalue weighted by Gasteiger charge is 2.18. The third-order valence-corrected chi connectivity index (χ3v) is 3.36. The normalized spacial score (nSPS) is 13.2. The largest absolute Gasteiger partial charge is 0.356 e. The highest BCUT2D eigenvalue weighted by Crippen LogP contribution is 2.31. The first kappa shape index (κ1) is 12.1. The molecule has 0 saturated carbocycles. The van der Waals surface area contributed by atoms with Gasteiger partial charge in [-0.25, -0.2) is 4.39 Å². The lowest BCUT2D eigenvalue weighted by atomic mass is 9.99. The third-order valence-electron chi connectivity index (χ3n) is 3.36. The number of aromatic amines is 1. The monoisotopic (exact) mass is 234 g/mol. The molecule has 0 aliphatic rings. The average Bonchev–Trinajstić information content (AvgIpc) is 2.72. The van der Waals surface area contributed by atoms with Gasteiger partial charge in [-0.2, -0.15) is 0 Å². The van der Waals surface area contributed by atoms with Crippen molar-refractivity contribution in [2.75, 3.05) is 7.05 Å². The summed E-state index contributed by atoms with van der Waals surface area (Å²) in [6.07, 6.45) is 1.88. The van der Waals surface area contributed by atoms with Crippen LogP contribution in [0.5, 0.6) is 0 Å². The van der Waals surface area contributed by atoms with Gasteiger partial charge in [0, 0.05) is 17.1 Å². The second-order valence-corrected chi connectivity index (χ2v) is 4.28. The van der Waals surface area contributed by atoms with Crippen LogP contribution in [0.2, 0.25) is 0 Å². The summed E-state index contributed by atoms with van der Waals surface area (Å²) < 4.78 is 13.7. The van der Waals surface area contributed by atoms with E-state index in [1.807, 2.05) is 13.1 Å². The van der Waals surface area contributed by atoms with Gasteiger partial charge in [0.05, 0.1) is 5.52 Å². The van der Waals surface area contributed by atoms with Crippen LogP contribution in [0.3, 0.4) is 0 Å². The van der Waals surface area contributed by atoms with Crippen molar-refractivity contribution < 1.29 is 4.39 Å². The number of halogens is 1. The van der Waals surface area contributed by atoms with Gasteiger partial charge < -0.3 is 10.3 Å². The summed E-state index contributed by atoms with van der Waals surface area (Å²) in [6, 6.07) is 5.54. The zero-order chi connectivity index (χ0) is 12.4. The lowest BCUT2D eigenvalue weighted by Gasteiger charge is -2.15. The first-order valence-electron chi connectivity index (χ1n) is 6.19. The highest BCUT2D eigenvalue weighted by molar-refractivity contribution is 5.85. The molecule has 1 heterocycles. The molecule has 0 amide bonds. The SMILES string of the molecule is CCc1[nH]c2c(F)cccc2c1C(CC)NC. The fourth-order valence-corrected chi connectivity index (χ4v) is 2.49. The molecule has 1 aromatic heterocycles. The number of fused-ring (bicyclic) bond motifs is 1. The van der Waals surface area contributed by atoms with Crippen molar-refractivity contribution in [3.63, 3.8) is 0 Å². The van der Waals surface area contributed by atoms with Gasteiger partial charge in [0.25, 0.3) is 0 Å². The number of benzene rings is 1. The molecule has 2 nitrogen and oxygen atoms in total. The van der Waals surface area contributed by atoms with Gasteiger partial charge in [-0.05, 0) is 31.5 Å². The van der Waals surface area contributed by atoms with Crippen molar-refractivity contribution in [1.82, 2.24) is 10.3 Å². The quantitative estimate of drug-likeness (QED) is 0.832. The molecule has 0 bridgehead atoms. The number of aromatic nitrogens is 1. The highest BCUT2D eigenvalue weighted by atomic mass is 19.1. The lowest BCUT2D eigenvalue weighted by Crippen LogP contribution is -2.16. The number of hydrogen-bond acceptors (Lipinski definition) is 1. The number of hydrogen-bond donors (Lipinski definition) is 2. The molecular formula is C14H19FN2. The number of H-pyrrole nitrogens is 1. The second kappa shape index (κ2) is 4.88. The Bertz CT molecular complexity index is 512. The fourth-order valence-electron chi connectivity index (χ4n) is 2.49. The zero-order valence-corrected chi connectivity index (χ0v) is 10.6. The van der Waals surface area contributed by atoms with Crippen LogP contribution in [0, 0.1) is 5.82 Å². The van der Waals surface area contributed by atoms with Crippen molar-refractivity contribution >= 4 is 10.9 Å². The van der Waals surface area contributed by atoms with E-state index < -0.39 is 0 Å². The molecule has 0 spiro atoms. The average molecular weight is 234 g/mol. The summed E-state index contributed by atoms with van der Waals surface area (Å²) in [5, 5.41) is 4.30. The molecule has 2 rings (SSSR count). The Balaban J connectivity index is 2.70. The predicted octanol–water partition coefficient (Wildman–Crippen LogP) is 3.54. The van der Waals surface area contributed by atoms with Crippen LogP contribution in [0.1, 0.15) is 37.6 Å². The summed E-state index contributed by atoms with van der Waals surface area (Å²) in [5.41, 5.74) is 2.98. The van der Waals surface area contributed by atoms with E-state index >= 15 is 0 Å². The lowest BCUT2D eigenvalue weighted by molar-refractivity contribution is 0.575. The van der Waals surface area contributed by atoms with Crippen molar-refractivity contribution in [3.8, 4) is 0 Å². The van der Waals surface area contributed by atoms with Crippen LogP contribution in [0.4, 0.5) is 4.39 Å². The molecule has 1 unspecified atom stereocenters. The van der Waals surface area contributed by atoms with Crippen LogP contribution in [0.25, 0.3) is 10.9 Å². The molecule has 0 fully saturated rings. The number of rotatable bonds is 4. The predicted molar refractivity (Wildman–Crippen MR) is 69.7 cm³/mol. The molecule has 1 aromatic carbocycles. The minimum Gasteiger partial charge on any atom is -0.356 e. The standard InChI is InChI=1S/C14H19FN2/c1-4-11(16-3)13-9-7-6-8-10(15)14(9)17-12(13)5-2/h6-8,11,16-17H,4-5H2,1-3H3. The minimum atomic E-state index is -0.172. The van der Waals surface area contributed by atoms with Crippen molar-refractivity contribution in [2.24, 2.45) is 0 Å². The maximum absolute atomic E-state index is 13.7. The summed E-state index contributed by atoms with van der Waals surface area (Å²) in [6.45, 7) is 4.23. The summed E-state index contributed by atoms with van der Waals surface area (Å²) in [4.78, 5) is 3.22. The molecular weight excluding hydrogens is 215 g/mol. The number of nitrogens with one attached hydrogen (secondary N) is 2. The van der Waals surface area contributed by atoms with Crippen LogP contribution in [-0.2, 0) is 6.42 Å². The van der Waals surface area contributed by atoms with E-state index in [4.69, 9.17) is 0 Å². The molecule has 0 saturated heterocycles. The Kier molecular flexibility index (Phi) is 3.48. The van der Waals surface area contributed by atoms with Crippen LogP contribution >= 0.6 is 0 Å². The second-order valence-electron chi connectivity index (χ2n) is 4.28. The van der Waals surface area contributed by atoms with Crippen LogP contribution in [0.15, 0.2) is 18.2 Å². The van der Waals surface area contributed by atoms with E-state index in [0.717, 1.165) is 23.9 Å². The molecule has 2 aromatic rings. The Morgan fingerprint density at radius 3 is 2.71 bits per heavy atom. The van der Waals surface area contributed by atoms with Crippen molar-refractivity contribution in [3.05, 3.63) is 35.3 Å². The smallest absolute Gasteiger partial charge is 0.147 e. The maximum atomic E-state index is 13.7. The molecule has 0 radical (unpaired) electrons. The molecule has 0 aliphatic heterocycles. The van der Waals surface area contributed by atoms with Gasteiger partial charge in [0.1, 0.15) is 5.82 Å². The Labute approximate surface area is 101 Å². The molecule has 1 atom stereocenters. The van der Waals surface area contributed by atoms with Crippen LogP contribution < -0.4 is 5.32 Å². The Morgan fingerprint density at radius 1 is 1.35 bits per heavy atom. The molecule has 3 heteroatoms. The van der Waals surface area contributed by atoms with E-state index in [2.05, 4.69) is 24.1 Å². The van der Waals surface area contributed by atoms with Gasteiger partial charge >= 0.3 is 0 Å². The van der Waals surface area contributed by atoms with Gasteiger partial charge in [0.15, 0.2) is 0 Å². The summed E-state index contributed by atoms with van der Waals surface area (Å²) in [5.74, 6) is -0.172. The van der Waals surface area contributed by atoms with Crippen LogP contribution in [-0.4, -0.2) is 12.0 Å². The van der Waals surface area contributed by atoms with Gasteiger partial charge in [-0.15, -0.1) is 0 Å². The first-order chi connectivity index (χ1) is 8.22. The fraction of sp³-hybridized carbons (Fsp3) is 0.429. The van der Waals surface area contributed by atoms with Gasteiger partial charge in [-0.3, -0.25) is 0 Å². The van der Waals surface area contributed by atoms with Gasteiger partial charge in [-0.1, -0.05) is 26.0 Å². The van der Waals surface area contributed by atoms with Crippen molar-refractivity contribution in [2.45, 2.75) is 32.7 Å². The topological polar surface area (TPSA) is 27.8 Å². The summed E-state index contributed by atoms with van der Waals surface area (Å²) in [7, 11) is 1.95. The molecule has 2 N–H and O–H groups in total. The molecule has 17 heavy (non-hydrogen) atoms. The van der Waals surface area contributed by atoms with E-state index in [0.29, 0.717) is 5.52 Å². The van der Waals surface area contributed by atoms with E-state index in [9.17, 15) is 4.39 Å². The first-order valence-corrected chi connectivity index (χ1v) is 6.19. The number of aryl methyl sites for hydroxylation is 1. The zero-order valence-electron chi connectivity index (χ0n) is 10.6. The van der Waals surface area contributed by atoms with E-state index in [1.54, 1.807) is 6.07 Å². The molecule has 0 aliphatic carbocycles. The van der Waals surface area contributed by atoms with E-state index in [-0.39, 0.29) is 11.9 Å². The number of para-hydroxylation sites is 1. The maximum Gasteiger partial charge on any atom is 0.147 e. The van der Waals surface area contributed by atoms with E-state index in [1.165, 1.54) is 11.6 Å². The summed E-state index contributed by atoms with van der Waals surface area (Å²) >= 11 is 0. The third kappa shape index (κ3) is 1.95.